The molecule has 138 valence electrons. The van der Waals surface area contributed by atoms with E-state index in [4.69, 9.17) is 0 Å². The van der Waals surface area contributed by atoms with Crippen LogP contribution in [0.1, 0.15) is 114 Å². The third kappa shape index (κ3) is 9.16. The zero-order valence-electron chi connectivity index (χ0n) is 18.1. The van der Waals surface area contributed by atoms with Gasteiger partial charge in [-0.25, -0.2) is 0 Å². The van der Waals surface area contributed by atoms with Gasteiger partial charge >= 0.3 is 0 Å². The topological polar surface area (TPSA) is 0 Å². The first-order valence-corrected chi connectivity index (χ1v) is 10.1. The first-order valence-electron chi connectivity index (χ1n) is 10.1. The molecule has 0 aromatic carbocycles. The Morgan fingerprint density at radius 3 is 1.52 bits per heavy atom. The Balaban J connectivity index is 2.66. The summed E-state index contributed by atoms with van der Waals surface area (Å²) in [4.78, 5) is 0. The Morgan fingerprint density at radius 1 is 0.783 bits per heavy atom. The van der Waals surface area contributed by atoms with Crippen molar-refractivity contribution in [2.75, 3.05) is 0 Å². The molecule has 0 nitrogen and oxygen atoms in total. The Morgan fingerprint density at radius 2 is 1.17 bits per heavy atom. The molecule has 1 saturated carbocycles. The van der Waals surface area contributed by atoms with Crippen LogP contribution >= 0.6 is 0 Å². The molecule has 0 unspecified atom stereocenters. The molecule has 0 amide bonds. The van der Waals surface area contributed by atoms with Crippen LogP contribution in [0.3, 0.4) is 0 Å². The molecule has 0 spiro atoms. The largest absolute Gasteiger partial charge is 0.0602 e. The van der Waals surface area contributed by atoms with E-state index < -0.39 is 0 Å². The smallest absolute Gasteiger partial charge is 0.0347 e. The lowest BCUT2D eigenvalue weighted by Gasteiger charge is -2.45. The van der Waals surface area contributed by atoms with Crippen LogP contribution < -0.4 is 0 Å². The number of hydrogen-bond acceptors (Lipinski definition) is 0. The van der Waals surface area contributed by atoms with Gasteiger partial charge in [-0.05, 0) is 65.6 Å². The van der Waals surface area contributed by atoms with E-state index in [0.29, 0.717) is 21.7 Å². The van der Waals surface area contributed by atoms with Crippen LogP contribution in [0.15, 0.2) is 0 Å². The lowest BCUT2D eigenvalue weighted by atomic mass is 9.60. The van der Waals surface area contributed by atoms with Crippen molar-refractivity contribution in [1.82, 2.24) is 0 Å². The van der Waals surface area contributed by atoms with E-state index >= 15 is 0 Å². The van der Waals surface area contributed by atoms with Gasteiger partial charge in [-0.1, -0.05) is 82.1 Å². The zero-order chi connectivity index (χ0) is 18.1. The highest BCUT2D eigenvalue weighted by molar-refractivity contribution is 4.89. The van der Waals surface area contributed by atoms with Crippen molar-refractivity contribution >= 4 is 0 Å². The van der Waals surface area contributed by atoms with Gasteiger partial charge in [-0.15, -0.1) is 0 Å². The fraction of sp³-hybridized carbons (Fsp3) is 1.00. The van der Waals surface area contributed by atoms with Crippen molar-refractivity contribution in [2.24, 2.45) is 33.5 Å². The van der Waals surface area contributed by atoms with Crippen molar-refractivity contribution in [2.45, 2.75) is 114 Å². The van der Waals surface area contributed by atoms with Crippen LogP contribution in [0, 0.1) is 33.5 Å². The summed E-state index contributed by atoms with van der Waals surface area (Å²) in [6, 6.07) is 0. The van der Waals surface area contributed by atoms with Crippen LogP contribution in [-0.2, 0) is 0 Å². The quantitative estimate of drug-likeness (QED) is 0.479. The summed E-state index contributed by atoms with van der Waals surface area (Å²) < 4.78 is 0. The Hall–Kier alpha value is 0. The van der Waals surface area contributed by atoms with Crippen LogP contribution in [0.2, 0.25) is 0 Å². The SMILES string of the molecule is CC(C)(C)CC(CCC1CC(C)(C)CC(C)(C)C1)CC(C)(C)C. The zero-order valence-corrected chi connectivity index (χ0v) is 18.1. The minimum Gasteiger partial charge on any atom is -0.0602 e. The lowest BCUT2D eigenvalue weighted by Crippen LogP contribution is -2.34. The molecule has 1 rings (SSSR count). The van der Waals surface area contributed by atoms with Crippen molar-refractivity contribution in [3.05, 3.63) is 0 Å². The molecule has 0 radical (unpaired) electrons. The van der Waals surface area contributed by atoms with Crippen LogP contribution in [0.4, 0.5) is 0 Å². The summed E-state index contributed by atoms with van der Waals surface area (Å²) in [6.45, 7) is 24.4. The molecule has 23 heavy (non-hydrogen) atoms. The van der Waals surface area contributed by atoms with Gasteiger partial charge in [-0.2, -0.15) is 0 Å². The first kappa shape index (κ1) is 21.0. The average Bonchev–Trinajstić information content (AvgIpc) is 2.16. The van der Waals surface area contributed by atoms with Crippen LogP contribution in [0.25, 0.3) is 0 Å². The molecule has 0 bridgehead atoms. The fourth-order valence-electron chi connectivity index (χ4n) is 5.76. The normalized spacial score (nSPS) is 22.6. The molecule has 0 aliphatic heterocycles. The van der Waals surface area contributed by atoms with E-state index in [1.807, 2.05) is 0 Å². The van der Waals surface area contributed by atoms with Crippen molar-refractivity contribution in [1.29, 1.82) is 0 Å². The molecule has 0 aromatic rings. The van der Waals surface area contributed by atoms with Gasteiger partial charge in [0.1, 0.15) is 0 Å². The fourth-order valence-corrected chi connectivity index (χ4v) is 5.76. The van der Waals surface area contributed by atoms with Crippen molar-refractivity contribution < 1.29 is 0 Å². The molecule has 0 N–H and O–H groups in total. The molecule has 1 fully saturated rings. The summed E-state index contributed by atoms with van der Waals surface area (Å²) >= 11 is 0. The summed E-state index contributed by atoms with van der Waals surface area (Å²) in [5.41, 5.74) is 1.99. The highest BCUT2D eigenvalue weighted by Gasteiger charge is 2.38. The van der Waals surface area contributed by atoms with Crippen molar-refractivity contribution in [3.8, 4) is 0 Å². The summed E-state index contributed by atoms with van der Waals surface area (Å²) in [7, 11) is 0. The highest BCUT2D eigenvalue weighted by atomic mass is 14.4. The van der Waals surface area contributed by atoms with Gasteiger partial charge in [0.2, 0.25) is 0 Å². The van der Waals surface area contributed by atoms with Gasteiger partial charge in [0.25, 0.3) is 0 Å². The number of hydrogen-bond donors (Lipinski definition) is 0. The van der Waals surface area contributed by atoms with E-state index in [-0.39, 0.29) is 0 Å². The monoisotopic (exact) mass is 322 g/mol. The molecule has 0 aromatic heterocycles. The van der Waals surface area contributed by atoms with Crippen LogP contribution in [0.5, 0.6) is 0 Å². The predicted molar refractivity (Wildman–Crippen MR) is 106 cm³/mol. The third-order valence-electron chi connectivity index (χ3n) is 5.42. The molecule has 0 heterocycles. The van der Waals surface area contributed by atoms with E-state index in [2.05, 4.69) is 69.2 Å². The Labute approximate surface area is 148 Å². The summed E-state index contributed by atoms with van der Waals surface area (Å²) in [5, 5.41) is 0. The van der Waals surface area contributed by atoms with E-state index in [1.165, 1.54) is 44.9 Å². The molecule has 0 atom stereocenters. The highest BCUT2D eigenvalue weighted by Crippen LogP contribution is 2.50. The Kier molecular flexibility index (Phi) is 6.48. The second-order valence-electron chi connectivity index (χ2n) is 12.8. The van der Waals surface area contributed by atoms with E-state index in [0.717, 1.165) is 11.8 Å². The standard InChI is InChI=1S/C23H46/c1-20(2,3)13-18(14-21(4,5)6)11-12-19-15-22(7,8)17-23(9,10)16-19/h18-19H,11-17H2,1-10H3. The average molecular weight is 323 g/mol. The third-order valence-corrected chi connectivity index (χ3v) is 5.42. The second kappa shape index (κ2) is 7.09. The van der Waals surface area contributed by atoms with Gasteiger partial charge in [-0.3, -0.25) is 0 Å². The molecule has 1 aliphatic carbocycles. The van der Waals surface area contributed by atoms with Gasteiger partial charge < -0.3 is 0 Å². The first-order chi connectivity index (χ1) is 10.1. The second-order valence-corrected chi connectivity index (χ2v) is 12.8. The van der Waals surface area contributed by atoms with Crippen molar-refractivity contribution in [3.63, 3.8) is 0 Å². The van der Waals surface area contributed by atoms with Gasteiger partial charge in [0.15, 0.2) is 0 Å². The maximum Gasteiger partial charge on any atom is -0.0347 e. The van der Waals surface area contributed by atoms with E-state index in [1.54, 1.807) is 0 Å². The van der Waals surface area contributed by atoms with E-state index in [9.17, 15) is 0 Å². The number of rotatable bonds is 5. The lowest BCUT2D eigenvalue weighted by molar-refractivity contribution is 0.0580. The molecular weight excluding hydrogens is 276 g/mol. The summed E-state index contributed by atoms with van der Waals surface area (Å²) in [6.07, 6.45) is 9.91. The summed E-state index contributed by atoms with van der Waals surface area (Å²) in [5.74, 6) is 1.83. The predicted octanol–water partition coefficient (Wildman–Crippen LogP) is 8.11. The molecule has 0 heteroatoms. The maximum atomic E-state index is 2.49. The van der Waals surface area contributed by atoms with Gasteiger partial charge in [0, 0.05) is 0 Å². The maximum absolute atomic E-state index is 2.49. The molecule has 0 saturated heterocycles. The minimum atomic E-state index is 0.459. The van der Waals surface area contributed by atoms with Crippen LogP contribution in [-0.4, -0.2) is 0 Å². The molecule has 1 aliphatic rings. The van der Waals surface area contributed by atoms with Gasteiger partial charge in [0.05, 0.1) is 0 Å². The minimum absolute atomic E-state index is 0.459. The molecular formula is C23H46. The Bertz CT molecular complexity index is 326.